The molecule has 1 aliphatic rings. The molecule has 1 aliphatic heterocycles. The third-order valence-corrected chi connectivity index (χ3v) is 7.62. The second-order valence-electron chi connectivity index (χ2n) is 8.88. The highest BCUT2D eigenvalue weighted by molar-refractivity contribution is 7.13. The number of carbonyl (C=O) groups excluding carboxylic acids is 3. The molecule has 2 amide bonds. The standard InChI is InChI=1S/C24H23ClF3N7O4S/c1-13(6-17(37)16-8-20(32-12-31-16)34-2-4-35(5-3-34)21(38)11-36)23-30-10-18(40-23)22(39)33-19-7-14(24(26,27)28)15(25)9-29-19/h7-10,12-13,36H,2-6,11H2,1H3,(H,29,33,39). The van der Waals surface area contributed by atoms with Crippen LogP contribution in [0.1, 0.15) is 50.0 Å². The number of nitrogens with one attached hydrogen (secondary N) is 1. The molecular formula is C24H23ClF3N7O4S. The Morgan fingerprint density at radius 3 is 2.50 bits per heavy atom. The largest absolute Gasteiger partial charge is 0.418 e. The van der Waals surface area contributed by atoms with Crippen molar-refractivity contribution in [2.45, 2.75) is 25.4 Å². The molecule has 11 nitrogen and oxygen atoms in total. The number of halogens is 4. The van der Waals surface area contributed by atoms with E-state index in [4.69, 9.17) is 16.7 Å². The molecule has 1 saturated heterocycles. The second kappa shape index (κ2) is 12.2. The van der Waals surface area contributed by atoms with Gasteiger partial charge in [-0.15, -0.1) is 11.3 Å². The lowest BCUT2D eigenvalue weighted by Crippen LogP contribution is -2.49. The van der Waals surface area contributed by atoms with Crippen molar-refractivity contribution in [3.8, 4) is 0 Å². The number of aliphatic hydroxyl groups is 1. The SMILES string of the molecule is CC(CC(=O)c1cc(N2CCN(C(=O)CO)CC2)ncn1)c1ncc(C(=O)Nc2cc(C(F)(F)F)c(Cl)cn2)s1. The third-order valence-electron chi connectivity index (χ3n) is 6.09. The number of aliphatic hydroxyl groups excluding tert-OH is 1. The number of Topliss-reactive ketones (excluding diaryl/α,β-unsaturated/α-hetero) is 1. The van der Waals surface area contributed by atoms with Crippen LogP contribution in [0.3, 0.4) is 0 Å². The van der Waals surface area contributed by atoms with E-state index in [9.17, 15) is 27.6 Å². The molecule has 0 aromatic carbocycles. The van der Waals surface area contributed by atoms with Gasteiger partial charge in [-0.2, -0.15) is 13.2 Å². The van der Waals surface area contributed by atoms with Gasteiger partial charge in [0.1, 0.15) is 35.1 Å². The number of hydrogen-bond acceptors (Lipinski definition) is 10. The van der Waals surface area contributed by atoms with Gasteiger partial charge >= 0.3 is 6.18 Å². The smallest absolute Gasteiger partial charge is 0.387 e. The van der Waals surface area contributed by atoms with Gasteiger partial charge in [0.15, 0.2) is 5.78 Å². The number of nitrogens with zero attached hydrogens (tertiary/aromatic N) is 6. The number of alkyl halides is 3. The number of hydrogen-bond donors (Lipinski definition) is 2. The van der Waals surface area contributed by atoms with Crippen LogP contribution in [0.5, 0.6) is 0 Å². The minimum Gasteiger partial charge on any atom is -0.387 e. The van der Waals surface area contributed by atoms with Crippen LogP contribution in [-0.2, 0) is 11.0 Å². The Morgan fingerprint density at radius 1 is 1.10 bits per heavy atom. The topological polar surface area (TPSA) is 142 Å². The Hall–Kier alpha value is -3.69. The first-order valence-corrected chi connectivity index (χ1v) is 13.1. The van der Waals surface area contributed by atoms with Crippen LogP contribution in [0, 0.1) is 0 Å². The van der Waals surface area contributed by atoms with Crippen molar-refractivity contribution in [3.63, 3.8) is 0 Å². The molecule has 2 N–H and O–H groups in total. The van der Waals surface area contributed by atoms with Crippen molar-refractivity contribution < 1.29 is 32.7 Å². The number of ketones is 1. The molecule has 1 unspecified atom stereocenters. The second-order valence-corrected chi connectivity index (χ2v) is 10.3. The van der Waals surface area contributed by atoms with E-state index in [2.05, 4.69) is 25.3 Å². The maximum Gasteiger partial charge on any atom is 0.418 e. The van der Waals surface area contributed by atoms with Gasteiger partial charge in [0.05, 0.1) is 21.8 Å². The molecule has 0 radical (unpaired) electrons. The quantitative estimate of drug-likeness (QED) is 0.374. The minimum absolute atomic E-state index is 0.0392. The summed E-state index contributed by atoms with van der Waals surface area (Å²) < 4.78 is 39.3. The van der Waals surface area contributed by atoms with Gasteiger partial charge in [0.2, 0.25) is 5.91 Å². The van der Waals surface area contributed by atoms with E-state index in [-0.39, 0.29) is 40.4 Å². The highest BCUT2D eigenvalue weighted by Crippen LogP contribution is 2.35. The molecule has 40 heavy (non-hydrogen) atoms. The summed E-state index contributed by atoms with van der Waals surface area (Å²) in [6, 6.07) is 2.22. The molecule has 0 spiro atoms. The van der Waals surface area contributed by atoms with Gasteiger partial charge in [-0.05, 0) is 6.07 Å². The van der Waals surface area contributed by atoms with Crippen molar-refractivity contribution in [3.05, 3.63) is 57.0 Å². The van der Waals surface area contributed by atoms with Gasteiger partial charge in [-0.1, -0.05) is 18.5 Å². The predicted octanol–water partition coefficient (Wildman–Crippen LogP) is 3.27. The number of aromatic nitrogens is 4. The van der Waals surface area contributed by atoms with E-state index in [0.717, 1.165) is 17.5 Å². The van der Waals surface area contributed by atoms with Crippen LogP contribution >= 0.6 is 22.9 Å². The van der Waals surface area contributed by atoms with E-state index in [1.165, 1.54) is 12.5 Å². The molecule has 16 heteroatoms. The zero-order chi connectivity index (χ0) is 29.0. The highest BCUT2D eigenvalue weighted by Gasteiger charge is 2.34. The number of carbonyl (C=O) groups is 3. The highest BCUT2D eigenvalue weighted by atomic mass is 35.5. The van der Waals surface area contributed by atoms with Gasteiger partial charge in [0, 0.05) is 50.8 Å². The van der Waals surface area contributed by atoms with Crippen LogP contribution in [0.2, 0.25) is 5.02 Å². The van der Waals surface area contributed by atoms with Crippen LogP contribution in [0.4, 0.5) is 24.8 Å². The molecule has 0 bridgehead atoms. The lowest BCUT2D eigenvalue weighted by atomic mass is 10.0. The summed E-state index contributed by atoms with van der Waals surface area (Å²) in [6.45, 7) is 3.02. The molecule has 0 saturated carbocycles. The van der Waals surface area contributed by atoms with Gasteiger partial charge in [0.25, 0.3) is 5.91 Å². The first-order valence-electron chi connectivity index (χ1n) is 11.9. The van der Waals surface area contributed by atoms with E-state index in [1.807, 2.05) is 4.90 Å². The lowest BCUT2D eigenvalue weighted by Gasteiger charge is -2.35. The maximum atomic E-state index is 13.1. The zero-order valence-corrected chi connectivity index (χ0v) is 22.6. The third kappa shape index (κ3) is 6.89. The van der Waals surface area contributed by atoms with Gasteiger partial charge in [-0.25, -0.2) is 19.9 Å². The summed E-state index contributed by atoms with van der Waals surface area (Å²) >= 11 is 6.57. The Kier molecular flexibility index (Phi) is 8.95. The average molecular weight is 598 g/mol. The summed E-state index contributed by atoms with van der Waals surface area (Å²) in [7, 11) is 0. The molecule has 3 aromatic rings. The van der Waals surface area contributed by atoms with Crippen molar-refractivity contribution >= 4 is 52.2 Å². The van der Waals surface area contributed by atoms with Crippen LogP contribution in [-0.4, -0.2) is 80.3 Å². The van der Waals surface area contributed by atoms with Crippen molar-refractivity contribution in [2.75, 3.05) is 43.0 Å². The summed E-state index contributed by atoms with van der Waals surface area (Å²) in [5.74, 6) is -1.47. The fourth-order valence-corrected chi connectivity index (χ4v) is 5.02. The Bertz CT molecular complexity index is 1410. The molecule has 212 valence electrons. The lowest BCUT2D eigenvalue weighted by molar-refractivity contribution is -0.137. The molecule has 3 aromatic heterocycles. The maximum absolute atomic E-state index is 13.1. The Balaban J connectivity index is 1.37. The Morgan fingerprint density at radius 2 is 1.82 bits per heavy atom. The summed E-state index contributed by atoms with van der Waals surface area (Å²) in [4.78, 5) is 57.1. The van der Waals surface area contributed by atoms with E-state index in [1.54, 1.807) is 17.9 Å². The van der Waals surface area contributed by atoms with Crippen molar-refractivity contribution in [1.29, 1.82) is 0 Å². The average Bonchev–Trinajstić information content (AvgIpc) is 3.44. The first-order chi connectivity index (χ1) is 19.0. The normalized spacial score (nSPS) is 14.7. The Labute approximate surface area is 235 Å². The molecule has 4 rings (SSSR count). The summed E-state index contributed by atoms with van der Waals surface area (Å²) in [5.41, 5.74) is -0.918. The van der Waals surface area contributed by atoms with Crippen molar-refractivity contribution in [1.82, 2.24) is 24.8 Å². The molecule has 1 fully saturated rings. The molecule has 0 aliphatic carbocycles. The van der Waals surface area contributed by atoms with E-state index >= 15 is 0 Å². The number of rotatable bonds is 8. The number of piperazine rings is 1. The van der Waals surface area contributed by atoms with E-state index in [0.29, 0.717) is 43.1 Å². The monoisotopic (exact) mass is 597 g/mol. The number of amides is 2. The van der Waals surface area contributed by atoms with Gasteiger partial charge < -0.3 is 20.2 Å². The molecule has 4 heterocycles. The van der Waals surface area contributed by atoms with Crippen LogP contribution in [0.15, 0.2) is 30.9 Å². The number of thiazole rings is 1. The molecular weight excluding hydrogens is 575 g/mol. The van der Waals surface area contributed by atoms with E-state index < -0.39 is 29.3 Å². The first kappa shape index (κ1) is 29.3. The summed E-state index contributed by atoms with van der Waals surface area (Å²) in [6.07, 6.45) is -1.29. The molecule has 1 atom stereocenters. The van der Waals surface area contributed by atoms with Crippen LogP contribution < -0.4 is 10.2 Å². The number of pyridine rings is 1. The minimum atomic E-state index is -4.71. The zero-order valence-electron chi connectivity index (χ0n) is 21.0. The van der Waals surface area contributed by atoms with Crippen molar-refractivity contribution in [2.24, 2.45) is 0 Å². The number of anilines is 2. The fraction of sp³-hybridized carbons (Fsp3) is 0.375. The predicted molar refractivity (Wildman–Crippen MR) is 140 cm³/mol. The fourth-order valence-electron chi connectivity index (χ4n) is 3.95. The summed E-state index contributed by atoms with van der Waals surface area (Å²) in [5, 5.41) is 11.2. The van der Waals surface area contributed by atoms with Gasteiger partial charge in [-0.3, -0.25) is 14.4 Å². The van der Waals surface area contributed by atoms with Crippen LogP contribution in [0.25, 0.3) is 0 Å².